The van der Waals surface area contributed by atoms with Crippen molar-refractivity contribution >= 4 is 23.2 Å². The molecule has 2 N–H and O–H groups in total. The van der Waals surface area contributed by atoms with Crippen molar-refractivity contribution in [2.24, 2.45) is 0 Å². The minimum atomic E-state index is -0.459. The Morgan fingerprint density at radius 2 is 1.48 bits per heavy atom. The monoisotopic (exact) mass is 397 g/mol. The Labute approximate surface area is 173 Å². The average Bonchev–Trinajstić information content (AvgIpc) is 2.67. The highest BCUT2D eigenvalue weighted by Gasteiger charge is 2.21. The van der Waals surface area contributed by atoms with Crippen LogP contribution in [0.15, 0.2) is 48.5 Å². The number of anilines is 2. The number of hydrogen-bond donors (Lipinski definition) is 2. The van der Waals surface area contributed by atoms with Gasteiger partial charge in [-0.25, -0.2) is 0 Å². The molecule has 2 aromatic carbocycles. The van der Waals surface area contributed by atoms with Gasteiger partial charge in [-0.1, -0.05) is 32.9 Å². The van der Waals surface area contributed by atoms with Crippen LogP contribution in [-0.2, 0) is 15.0 Å². The van der Waals surface area contributed by atoms with E-state index in [1.165, 1.54) is 5.56 Å². The van der Waals surface area contributed by atoms with E-state index >= 15 is 0 Å². The molecule has 0 aliphatic carbocycles. The lowest BCUT2D eigenvalue weighted by Crippen LogP contribution is -2.43. The van der Waals surface area contributed by atoms with Crippen LogP contribution in [0.2, 0.25) is 0 Å². The number of hydrogen-bond acceptors (Lipinski definition) is 4. The summed E-state index contributed by atoms with van der Waals surface area (Å²) in [6, 6.07) is 14.5. The predicted octanol–water partition coefficient (Wildman–Crippen LogP) is 3.89. The van der Waals surface area contributed by atoms with Gasteiger partial charge in [0.1, 0.15) is 5.75 Å². The smallest absolute Gasteiger partial charge is 0.241 e. The number of likely N-dealkylation sites (N-methyl/N-ethyl adjacent to an activating group) is 1. The maximum atomic E-state index is 12.5. The summed E-state index contributed by atoms with van der Waals surface area (Å²) in [4.78, 5) is 26.5. The summed E-state index contributed by atoms with van der Waals surface area (Å²) in [6.45, 7) is 8.32. The van der Waals surface area contributed by atoms with Gasteiger partial charge in [0.25, 0.3) is 0 Å². The van der Waals surface area contributed by atoms with E-state index in [0.29, 0.717) is 5.69 Å². The first kappa shape index (κ1) is 22.4. The van der Waals surface area contributed by atoms with Crippen LogP contribution in [0.1, 0.15) is 33.3 Å². The van der Waals surface area contributed by atoms with E-state index in [9.17, 15) is 9.59 Å². The molecule has 0 heterocycles. The van der Waals surface area contributed by atoms with Crippen LogP contribution in [-0.4, -0.2) is 43.5 Å². The summed E-state index contributed by atoms with van der Waals surface area (Å²) in [5.41, 5.74) is 2.69. The Morgan fingerprint density at radius 1 is 0.966 bits per heavy atom. The van der Waals surface area contributed by atoms with Gasteiger partial charge in [-0.3, -0.25) is 14.5 Å². The number of rotatable bonds is 7. The van der Waals surface area contributed by atoms with Crippen molar-refractivity contribution in [1.29, 1.82) is 0 Å². The van der Waals surface area contributed by atoms with Gasteiger partial charge in [0, 0.05) is 11.4 Å². The number of methoxy groups -OCH3 is 1. The van der Waals surface area contributed by atoms with Gasteiger partial charge in [-0.05, 0) is 61.3 Å². The van der Waals surface area contributed by atoms with Gasteiger partial charge in [-0.15, -0.1) is 0 Å². The fourth-order valence-corrected chi connectivity index (χ4v) is 2.74. The molecule has 2 amide bonds. The van der Waals surface area contributed by atoms with Gasteiger partial charge in [0.05, 0.1) is 19.7 Å². The quantitative estimate of drug-likeness (QED) is 0.744. The summed E-state index contributed by atoms with van der Waals surface area (Å²) in [5, 5.41) is 5.73. The van der Waals surface area contributed by atoms with Crippen LogP contribution in [0.25, 0.3) is 0 Å². The number of nitrogens with zero attached hydrogens (tertiary/aromatic N) is 1. The summed E-state index contributed by atoms with van der Waals surface area (Å²) >= 11 is 0. The standard InChI is InChI=1S/C23H31N3O3/c1-16(22(28)25-19-9-7-17(8-10-19)23(2,3)4)26(5)15-21(27)24-18-11-13-20(29-6)14-12-18/h7-14,16H,15H2,1-6H3,(H,24,27)(H,25,28)/t16-/m0/s1. The molecule has 6 heteroatoms. The lowest BCUT2D eigenvalue weighted by atomic mass is 9.87. The number of carbonyl (C=O) groups excluding carboxylic acids is 2. The Bertz CT molecular complexity index is 824. The van der Waals surface area contributed by atoms with E-state index in [1.807, 2.05) is 24.3 Å². The molecule has 1 atom stereocenters. The molecule has 29 heavy (non-hydrogen) atoms. The number of benzene rings is 2. The molecule has 156 valence electrons. The van der Waals surface area contributed by atoms with Crippen LogP contribution < -0.4 is 15.4 Å². The third-order valence-corrected chi connectivity index (χ3v) is 4.83. The van der Waals surface area contributed by atoms with Crippen LogP contribution in [0.5, 0.6) is 5.75 Å². The van der Waals surface area contributed by atoms with Crippen molar-refractivity contribution in [3.8, 4) is 5.75 Å². The summed E-state index contributed by atoms with van der Waals surface area (Å²) < 4.78 is 5.10. The number of carbonyl (C=O) groups is 2. The number of nitrogens with one attached hydrogen (secondary N) is 2. The summed E-state index contributed by atoms with van der Waals surface area (Å²) in [6.07, 6.45) is 0. The van der Waals surface area contributed by atoms with E-state index in [4.69, 9.17) is 4.74 Å². The van der Waals surface area contributed by atoms with E-state index < -0.39 is 6.04 Å². The van der Waals surface area contributed by atoms with Crippen molar-refractivity contribution < 1.29 is 14.3 Å². The molecule has 6 nitrogen and oxygen atoms in total. The van der Waals surface area contributed by atoms with Crippen molar-refractivity contribution in [2.75, 3.05) is 31.3 Å². The lowest BCUT2D eigenvalue weighted by Gasteiger charge is -2.24. The summed E-state index contributed by atoms with van der Waals surface area (Å²) in [7, 11) is 3.34. The molecule has 0 aliphatic rings. The zero-order valence-corrected chi connectivity index (χ0v) is 18.1. The molecular formula is C23H31N3O3. The van der Waals surface area contributed by atoms with E-state index in [-0.39, 0.29) is 23.8 Å². The second-order valence-electron chi connectivity index (χ2n) is 8.18. The van der Waals surface area contributed by atoms with Gasteiger partial charge in [0.2, 0.25) is 11.8 Å². The molecule has 0 fully saturated rings. The SMILES string of the molecule is COc1ccc(NC(=O)CN(C)[C@@H](C)C(=O)Nc2ccc(C(C)(C)C)cc2)cc1. The van der Waals surface area contributed by atoms with E-state index in [0.717, 1.165) is 11.4 Å². The predicted molar refractivity (Wildman–Crippen MR) is 117 cm³/mol. The van der Waals surface area contributed by atoms with Crippen molar-refractivity contribution in [3.05, 3.63) is 54.1 Å². The largest absolute Gasteiger partial charge is 0.497 e. The Kier molecular flexibility index (Phi) is 7.40. The maximum Gasteiger partial charge on any atom is 0.241 e. The molecule has 0 bridgehead atoms. The maximum absolute atomic E-state index is 12.5. The molecular weight excluding hydrogens is 366 g/mol. The fourth-order valence-electron chi connectivity index (χ4n) is 2.74. The zero-order chi connectivity index (χ0) is 21.6. The molecule has 2 rings (SSSR count). The second kappa shape index (κ2) is 9.56. The van der Waals surface area contributed by atoms with Gasteiger partial charge < -0.3 is 15.4 Å². The van der Waals surface area contributed by atoms with Gasteiger partial charge in [0.15, 0.2) is 0 Å². The third kappa shape index (κ3) is 6.61. The highest BCUT2D eigenvalue weighted by atomic mass is 16.5. The van der Waals surface area contributed by atoms with Crippen LogP contribution >= 0.6 is 0 Å². The molecule has 0 radical (unpaired) electrons. The van der Waals surface area contributed by atoms with Crippen molar-refractivity contribution in [3.63, 3.8) is 0 Å². The Morgan fingerprint density at radius 3 is 2.00 bits per heavy atom. The third-order valence-electron chi connectivity index (χ3n) is 4.83. The molecule has 0 saturated carbocycles. The normalized spacial score (nSPS) is 12.4. The Hall–Kier alpha value is -2.86. The first-order chi connectivity index (χ1) is 13.6. The lowest BCUT2D eigenvalue weighted by molar-refractivity contribution is -0.122. The van der Waals surface area contributed by atoms with Crippen LogP contribution in [0, 0.1) is 0 Å². The first-order valence-electron chi connectivity index (χ1n) is 9.65. The van der Waals surface area contributed by atoms with Gasteiger partial charge in [-0.2, -0.15) is 0 Å². The Balaban J connectivity index is 1.88. The molecule has 2 aromatic rings. The van der Waals surface area contributed by atoms with E-state index in [1.54, 1.807) is 50.2 Å². The first-order valence-corrected chi connectivity index (χ1v) is 9.65. The van der Waals surface area contributed by atoms with Gasteiger partial charge >= 0.3 is 0 Å². The molecule has 0 spiro atoms. The zero-order valence-electron chi connectivity index (χ0n) is 18.1. The topological polar surface area (TPSA) is 70.7 Å². The van der Waals surface area contributed by atoms with Crippen molar-refractivity contribution in [2.45, 2.75) is 39.2 Å². The highest BCUT2D eigenvalue weighted by Crippen LogP contribution is 2.23. The van der Waals surface area contributed by atoms with Crippen molar-refractivity contribution in [1.82, 2.24) is 4.90 Å². The minimum absolute atomic E-state index is 0.0628. The number of ether oxygens (including phenoxy) is 1. The molecule has 0 aliphatic heterocycles. The molecule has 0 aromatic heterocycles. The summed E-state index contributed by atoms with van der Waals surface area (Å²) in [5.74, 6) is 0.376. The average molecular weight is 398 g/mol. The van der Waals surface area contributed by atoms with Crippen LogP contribution in [0.4, 0.5) is 11.4 Å². The highest BCUT2D eigenvalue weighted by molar-refractivity contribution is 5.96. The number of amides is 2. The van der Waals surface area contributed by atoms with E-state index in [2.05, 4.69) is 31.4 Å². The minimum Gasteiger partial charge on any atom is -0.497 e. The van der Waals surface area contributed by atoms with Crippen LogP contribution in [0.3, 0.4) is 0 Å². The molecule has 0 unspecified atom stereocenters. The fraction of sp³-hybridized carbons (Fsp3) is 0.391. The molecule has 0 saturated heterocycles. The second-order valence-corrected chi connectivity index (χ2v) is 8.18.